The van der Waals surface area contributed by atoms with Gasteiger partial charge in [0.2, 0.25) is 0 Å². The van der Waals surface area contributed by atoms with E-state index in [4.69, 9.17) is 0 Å². The van der Waals surface area contributed by atoms with Crippen molar-refractivity contribution in [2.75, 3.05) is 23.9 Å². The molecule has 0 N–H and O–H groups in total. The second kappa shape index (κ2) is 6.50. The summed E-state index contributed by atoms with van der Waals surface area (Å²) < 4.78 is 0. The van der Waals surface area contributed by atoms with E-state index < -0.39 is 0 Å². The Morgan fingerprint density at radius 3 is 1.27 bits per heavy atom. The number of rotatable bonds is 2. The molecule has 6 rings (SSSR count). The second-order valence-corrected chi connectivity index (χ2v) is 8.33. The van der Waals surface area contributed by atoms with Crippen LogP contribution in [-0.4, -0.2) is 14.1 Å². The molecule has 0 bridgehead atoms. The lowest BCUT2D eigenvalue weighted by molar-refractivity contribution is 0.738. The van der Waals surface area contributed by atoms with Crippen molar-refractivity contribution in [3.05, 3.63) is 119 Å². The van der Waals surface area contributed by atoms with Crippen molar-refractivity contribution in [2.24, 2.45) is 0 Å². The van der Waals surface area contributed by atoms with Crippen LogP contribution in [0.5, 0.6) is 0 Å². The van der Waals surface area contributed by atoms with E-state index in [1.54, 1.807) is 0 Å². The highest BCUT2D eigenvalue weighted by Gasteiger charge is 2.39. The van der Waals surface area contributed by atoms with E-state index >= 15 is 0 Å². The van der Waals surface area contributed by atoms with Gasteiger partial charge in [-0.3, -0.25) is 0 Å². The first-order valence-corrected chi connectivity index (χ1v) is 10.6. The van der Waals surface area contributed by atoms with Crippen molar-refractivity contribution in [2.45, 2.75) is 12.1 Å². The average molecular weight is 389 g/mol. The van der Waals surface area contributed by atoms with Crippen LogP contribution in [0.4, 0.5) is 11.4 Å². The van der Waals surface area contributed by atoms with E-state index in [9.17, 15) is 0 Å². The minimum absolute atomic E-state index is 0.213. The Bertz CT molecular complexity index is 1130. The molecule has 146 valence electrons. The zero-order valence-corrected chi connectivity index (χ0v) is 17.3. The van der Waals surface area contributed by atoms with Crippen LogP contribution in [0.25, 0.3) is 11.1 Å². The zero-order chi connectivity index (χ0) is 20.2. The third kappa shape index (κ3) is 2.31. The quantitative estimate of drug-likeness (QED) is 0.390. The average Bonchev–Trinajstić information content (AvgIpc) is 2.80. The third-order valence-electron chi connectivity index (χ3n) is 6.75. The summed E-state index contributed by atoms with van der Waals surface area (Å²) in [5, 5.41) is 0. The van der Waals surface area contributed by atoms with Gasteiger partial charge in [0.05, 0.1) is 12.1 Å². The molecule has 2 aliphatic rings. The van der Waals surface area contributed by atoms with Crippen LogP contribution in [0.1, 0.15) is 34.3 Å². The van der Waals surface area contributed by atoms with Crippen molar-refractivity contribution < 1.29 is 0 Å². The standard InChI is InChI=1S/C28H24N2/c1-29-23-17-9-16-22-25(23)26-21(27(29)19-11-5-3-6-12-19)15-10-18-24(26)30(2)28(22)20-13-7-4-8-14-20/h3-18,27-28H,1-2H3. The fraction of sp³-hybridized carbons (Fsp3) is 0.143. The van der Waals surface area contributed by atoms with Crippen LogP contribution < -0.4 is 9.80 Å². The topological polar surface area (TPSA) is 6.48 Å². The molecule has 2 heterocycles. The lowest BCUT2D eigenvalue weighted by atomic mass is 9.77. The molecule has 0 fully saturated rings. The molecule has 2 nitrogen and oxygen atoms in total. The van der Waals surface area contributed by atoms with Crippen LogP contribution in [-0.2, 0) is 0 Å². The number of nitrogens with zero attached hydrogens (tertiary/aromatic N) is 2. The predicted octanol–water partition coefficient (Wildman–Crippen LogP) is 6.43. The lowest BCUT2D eigenvalue weighted by Crippen LogP contribution is -2.35. The monoisotopic (exact) mass is 388 g/mol. The molecule has 0 amide bonds. The highest BCUT2D eigenvalue weighted by molar-refractivity contribution is 5.97. The van der Waals surface area contributed by atoms with Crippen LogP contribution in [0.15, 0.2) is 97.1 Å². The van der Waals surface area contributed by atoms with Crippen LogP contribution >= 0.6 is 0 Å². The molecule has 0 aromatic heterocycles. The minimum atomic E-state index is 0.213. The van der Waals surface area contributed by atoms with Crippen LogP contribution in [0, 0.1) is 0 Å². The summed E-state index contributed by atoms with van der Waals surface area (Å²) in [6.45, 7) is 0. The summed E-state index contributed by atoms with van der Waals surface area (Å²) in [7, 11) is 4.47. The number of hydrogen-bond donors (Lipinski definition) is 0. The zero-order valence-electron chi connectivity index (χ0n) is 17.3. The maximum Gasteiger partial charge on any atom is 0.0799 e. The highest BCUT2D eigenvalue weighted by atomic mass is 15.2. The Hall–Kier alpha value is -3.52. The van der Waals surface area contributed by atoms with Crippen molar-refractivity contribution in [3.63, 3.8) is 0 Å². The summed E-state index contributed by atoms with van der Waals surface area (Å²) in [6.07, 6.45) is 0. The normalized spacial score (nSPS) is 18.9. The molecule has 4 aromatic carbocycles. The molecule has 30 heavy (non-hydrogen) atoms. The Kier molecular flexibility index (Phi) is 3.76. The van der Waals surface area contributed by atoms with Gasteiger partial charge < -0.3 is 9.80 Å². The molecule has 0 aliphatic carbocycles. The van der Waals surface area contributed by atoms with Crippen LogP contribution in [0.3, 0.4) is 0 Å². The molecule has 4 aromatic rings. The van der Waals surface area contributed by atoms with E-state index in [1.807, 2.05) is 0 Å². The SMILES string of the molecule is CN1c2cccc3c2-c2c(cccc2N(C)C3c2ccccc2)C1c1ccccc1. The van der Waals surface area contributed by atoms with E-state index in [1.165, 1.54) is 44.8 Å². The van der Waals surface area contributed by atoms with Crippen LogP contribution in [0.2, 0.25) is 0 Å². The van der Waals surface area contributed by atoms with Crippen molar-refractivity contribution in [3.8, 4) is 11.1 Å². The fourth-order valence-corrected chi connectivity index (χ4v) is 5.48. The van der Waals surface area contributed by atoms with Gasteiger partial charge in [0.15, 0.2) is 0 Å². The molecule has 0 spiro atoms. The summed E-state index contributed by atoms with van der Waals surface area (Å²) in [5.74, 6) is 0. The lowest BCUT2D eigenvalue weighted by Gasteiger charge is -2.46. The fourth-order valence-electron chi connectivity index (χ4n) is 5.48. The predicted molar refractivity (Wildman–Crippen MR) is 125 cm³/mol. The summed E-state index contributed by atoms with van der Waals surface area (Å²) in [5.41, 5.74) is 10.9. The molecule has 0 radical (unpaired) electrons. The molecule has 2 unspecified atom stereocenters. The molecule has 2 heteroatoms. The molecular formula is C28H24N2. The molecule has 2 atom stereocenters. The first kappa shape index (κ1) is 17.3. The van der Waals surface area contributed by atoms with E-state index in [2.05, 4.69) is 121 Å². The molecule has 0 saturated heterocycles. The smallest absolute Gasteiger partial charge is 0.0799 e. The number of hydrogen-bond acceptors (Lipinski definition) is 2. The Morgan fingerprint density at radius 1 is 0.467 bits per heavy atom. The van der Waals surface area contributed by atoms with E-state index in [-0.39, 0.29) is 12.1 Å². The summed E-state index contributed by atoms with van der Waals surface area (Å²) in [6, 6.07) is 35.8. The highest BCUT2D eigenvalue weighted by Crippen LogP contribution is 2.56. The van der Waals surface area contributed by atoms with Crippen molar-refractivity contribution >= 4 is 11.4 Å². The summed E-state index contributed by atoms with van der Waals surface area (Å²) >= 11 is 0. The second-order valence-electron chi connectivity index (χ2n) is 8.33. The first-order valence-electron chi connectivity index (χ1n) is 10.6. The van der Waals surface area contributed by atoms with Gasteiger partial charge in [-0.2, -0.15) is 0 Å². The van der Waals surface area contributed by atoms with Crippen molar-refractivity contribution in [1.29, 1.82) is 0 Å². The van der Waals surface area contributed by atoms with Gasteiger partial charge in [-0.15, -0.1) is 0 Å². The Labute approximate surface area is 178 Å². The number of benzene rings is 4. The van der Waals surface area contributed by atoms with Gasteiger partial charge in [-0.1, -0.05) is 84.9 Å². The maximum atomic E-state index is 2.45. The largest absolute Gasteiger partial charge is 0.363 e. The molecule has 0 saturated carbocycles. The third-order valence-corrected chi connectivity index (χ3v) is 6.75. The first-order chi connectivity index (χ1) is 14.8. The van der Waals surface area contributed by atoms with Gasteiger partial charge >= 0.3 is 0 Å². The van der Waals surface area contributed by atoms with Gasteiger partial charge in [0, 0.05) is 36.6 Å². The Morgan fingerprint density at radius 2 is 0.867 bits per heavy atom. The minimum Gasteiger partial charge on any atom is -0.363 e. The Balaban J connectivity index is 1.65. The van der Waals surface area contributed by atoms with Gasteiger partial charge in [0.25, 0.3) is 0 Å². The maximum absolute atomic E-state index is 2.45. The number of anilines is 2. The molecular weight excluding hydrogens is 364 g/mol. The van der Waals surface area contributed by atoms with Gasteiger partial charge in [-0.25, -0.2) is 0 Å². The van der Waals surface area contributed by atoms with Crippen molar-refractivity contribution in [1.82, 2.24) is 0 Å². The van der Waals surface area contributed by atoms with E-state index in [0.717, 1.165) is 0 Å². The molecule has 2 aliphatic heterocycles. The van der Waals surface area contributed by atoms with Gasteiger partial charge in [-0.05, 0) is 34.4 Å². The van der Waals surface area contributed by atoms with E-state index in [0.29, 0.717) is 0 Å². The summed E-state index contributed by atoms with van der Waals surface area (Å²) in [4.78, 5) is 4.90. The van der Waals surface area contributed by atoms with Gasteiger partial charge in [0.1, 0.15) is 0 Å².